The maximum Gasteiger partial charge on any atom is 0.304 e. The third-order valence-electron chi connectivity index (χ3n) is 3.53. The molecule has 0 amide bonds. The molecule has 1 aromatic carbocycles. The van der Waals surface area contributed by atoms with E-state index in [2.05, 4.69) is 48.9 Å². The van der Waals surface area contributed by atoms with Crippen LogP contribution in [0.5, 0.6) is 0 Å². The number of aliphatic carboxylic acids is 1. The van der Waals surface area contributed by atoms with Gasteiger partial charge in [0.1, 0.15) is 0 Å². The van der Waals surface area contributed by atoms with Gasteiger partial charge in [0.15, 0.2) is 0 Å². The zero-order chi connectivity index (χ0) is 13.8. The molecule has 1 fully saturated rings. The van der Waals surface area contributed by atoms with Gasteiger partial charge in [-0.05, 0) is 68.9 Å². The Balaban J connectivity index is 2.06. The van der Waals surface area contributed by atoms with Crippen molar-refractivity contribution in [2.45, 2.75) is 38.3 Å². The zero-order valence-electron chi connectivity index (χ0n) is 10.6. The number of carbonyl (C=O) groups is 1. The lowest BCUT2D eigenvalue weighted by atomic mass is 9.98. The molecule has 3 nitrogen and oxygen atoms in total. The van der Waals surface area contributed by atoms with E-state index in [0.717, 1.165) is 41.3 Å². The minimum absolute atomic E-state index is 0.175. The van der Waals surface area contributed by atoms with Crippen LogP contribution in [0.4, 0.5) is 0 Å². The highest BCUT2D eigenvalue weighted by Crippen LogP contribution is 2.26. The minimum Gasteiger partial charge on any atom is -0.481 e. The number of hydrogen-bond donors (Lipinski definition) is 1. The highest BCUT2D eigenvalue weighted by Gasteiger charge is 2.24. The van der Waals surface area contributed by atoms with E-state index in [1.165, 1.54) is 5.56 Å². The summed E-state index contributed by atoms with van der Waals surface area (Å²) in [4.78, 5) is 13.2. The minimum atomic E-state index is -0.700. The van der Waals surface area contributed by atoms with Crippen LogP contribution in [0.15, 0.2) is 27.1 Å². The van der Waals surface area contributed by atoms with Crippen molar-refractivity contribution in [3.63, 3.8) is 0 Å². The summed E-state index contributed by atoms with van der Waals surface area (Å²) < 4.78 is 2.08. The first-order valence-electron chi connectivity index (χ1n) is 6.46. The van der Waals surface area contributed by atoms with E-state index in [0.29, 0.717) is 0 Å². The molecule has 0 aliphatic carbocycles. The van der Waals surface area contributed by atoms with Crippen LogP contribution in [0.2, 0.25) is 0 Å². The van der Waals surface area contributed by atoms with Crippen LogP contribution in [0.25, 0.3) is 0 Å². The Hall–Kier alpha value is -0.390. The van der Waals surface area contributed by atoms with Gasteiger partial charge in [-0.25, -0.2) is 0 Å². The number of piperidine rings is 1. The van der Waals surface area contributed by atoms with Gasteiger partial charge in [0.2, 0.25) is 0 Å². The van der Waals surface area contributed by atoms with E-state index in [1.54, 1.807) is 0 Å². The molecule has 2 rings (SSSR count). The van der Waals surface area contributed by atoms with Crippen LogP contribution < -0.4 is 0 Å². The number of likely N-dealkylation sites (tertiary alicyclic amines) is 1. The van der Waals surface area contributed by atoms with Crippen LogP contribution in [-0.4, -0.2) is 28.6 Å². The molecular formula is C14H17Br2NO2. The number of rotatable bonds is 4. The first-order chi connectivity index (χ1) is 9.06. The molecule has 1 atom stereocenters. The molecular weight excluding hydrogens is 374 g/mol. The lowest BCUT2D eigenvalue weighted by Crippen LogP contribution is -2.40. The summed E-state index contributed by atoms with van der Waals surface area (Å²) in [5, 5.41) is 8.99. The summed E-state index contributed by atoms with van der Waals surface area (Å²) in [7, 11) is 0. The van der Waals surface area contributed by atoms with Gasteiger partial charge in [0.05, 0.1) is 6.42 Å². The third-order valence-corrected chi connectivity index (χ3v) is 5.41. The molecule has 0 bridgehead atoms. The Kier molecular flexibility index (Phi) is 5.42. The summed E-state index contributed by atoms with van der Waals surface area (Å²) in [6.07, 6.45) is 3.54. The third kappa shape index (κ3) is 4.29. The summed E-state index contributed by atoms with van der Waals surface area (Å²) in [5.74, 6) is -0.700. The summed E-state index contributed by atoms with van der Waals surface area (Å²) in [6, 6.07) is 6.38. The van der Waals surface area contributed by atoms with Crippen molar-refractivity contribution in [3.05, 3.63) is 32.7 Å². The van der Waals surface area contributed by atoms with Crippen LogP contribution in [0.3, 0.4) is 0 Å². The number of halogens is 2. The van der Waals surface area contributed by atoms with Crippen molar-refractivity contribution < 1.29 is 9.90 Å². The second-order valence-electron chi connectivity index (χ2n) is 4.97. The molecule has 1 N–H and O–H groups in total. The zero-order valence-corrected chi connectivity index (χ0v) is 13.8. The van der Waals surface area contributed by atoms with E-state index >= 15 is 0 Å². The van der Waals surface area contributed by atoms with Gasteiger partial charge in [0, 0.05) is 21.5 Å². The average Bonchev–Trinajstić information content (AvgIpc) is 2.36. The molecule has 0 spiro atoms. The van der Waals surface area contributed by atoms with Crippen LogP contribution in [0, 0.1) is 0 Å². The first-order valence-corrected chi connectivity index (χ1v) is 8.04. The SMILES string of the molecule is O=C(O)CC1CCCCN1Cc1ccc(Br)c(Br)c1. The van der Waals surface area contributed by atoms with Gasteiger partial charge in [-0.3, -0.25) is 9.69 Å². The van der Waals surface area contributed by atoms with Gasteiger partial charge in [0.25, 0.3) is 0 Å². The molecule has 1 unspecified atom stereocenters. The number of nitrogens with zero attached hydrogens (tertiary/aromatic N) is 1. The molecule has 1 aromatic rings. The van der Waals surface area contributed by atoms with E-state index in [4.69, 9.17) is 5.11 Å². The maximum atomic E-state index is 10.9. The fourth-order valence-corrected chi connectivity index (χ4v) is 3.25. The van der Waals surface area contributed by atoms with Crippen molar-refractivity contribution in [2.24, 2.45) is 0 Å². The van der Waals surface area contributed by atoms with Crippen molar-refractivity contribution in [1.82, 2.24) is 4.90 Å². The highest BCUT2D eigenvalue weighted by atomic mass is 79.9. The van der Waals surface area contributed by atoms with Crippen molar-refractivity contribution in [3.8, 4) is 0 Å². The van der Waals surface area contributed by atoms with Gasteiger partial charge >= 0.3 is 5.97 Å². The molecule has 1 heterocycles. The van der Waals surface area contributed by atoms with Crippen molar-refractivity contribution in [2.75, 3.05) is 6.54 Å². The molecule has 1 saturated heterocycles. The first kappa shape index (κ1) is 15.0. The van der Waals surface area contributed by atoms with Crippen LogP contribution >= 0.6 is 31.9 Å². The molecule has 5 heteroatoms. The lowest BCUT2D eigenvalue weighted by Gasteiger charge is -2.35. The fourth-order valence-electron chi connectivity index (χ4n) is 2.57. The molecule has 104 valence electrons. The largest absolute Gasteiger partial charge is 0.481 e. The maximum absolute atomic E-state index is 10.9. The Labute approximate surface area is 130 Å². The topological polar surface area (TPSA) is 40.5 Å². The number of carboxylic acid groups (broad SMARTS) is 1. The standard InChI is InChI=1S/C14H17Br2NO2/c15-12-5-4-10(7-13(12)16)9-17-6-2-1-3-11(17)8-14(18)19/h4-5,7,11H,1-3,6,8-9H2,(H,18,19). The Morgan fingerprint density at radius 2 is 2.11 bits per heavy atom. The predicted molar refractivity (Wildman–Crippen MR) is 82.1 cm³/mol. The smallest absolute Gasteiger partial charge is 0.304 e. The average molecular weight is 391 g/mol. The van der Waals surface area contributed by atoms with Gasteiger partial charge in [-0.15, -0.1) is 0 Å². The van der Waals surface area contributed by atoms with E-state index < -0.39 is 5.97 Å². The summed E-state index contributed by atoms with van der Waals surface area (Å²) in [6.45, 7) is 1.81. The second kappa shape index (κ2) is 6.86. The quantitative estimate of drug-likeness (QED) is 0.843. The van der Waals surface area contributed by atoms with Gasteiger partial charge < -0.3 is 5.11 Å². The lowest BCUT2D eigenvalue weighted by molar-refractivity contribution is -0.138. The number of carboxylic acids is 1. The Bertz CT molecular complexity index is 465. The van der Waals surface area contributed by atoms with E-state index in [1.807, 2.05) is 6.07 Å². The highest BCUT2D eigenvalue weighted by molar-refractivity contribution is 9.13. The molecule has 1 aliphatic heterocycles. The number of hydrogen-bond acceptors (Lipinski definition) is 2. The molecule has 0 aromatic heterocycles. The van der Waals surface area contributed by atoms with Crippen molar-refractivity contribution in [1.29, 1.82) is 0 Å². The van der Waals surface area contributed by atoms with Crippen LogP contribution in [0.1, 0.15) is 31.2 Å². The normalized spacial score (nSPS) is 20.4. The summed E-state index contributed by atoms with van der Waals surface area (Å²) in [5.41, 5.74) is 1.22. The van der Waals surface area contributed by atoms with Crippen molar-refractivity contribution >= 4 is 37.8 Å². The van der Waals surface area contributed by atoms with E-state index in [-0.39, 0.29) is 12.5 Å². The molecule has 1 aliphatic rings. The Morgan fingerprint density at radius 1 is 1.32 bits per heavy atom. The second-order valence-corrected chi connectivity index (χ2v) is 6.68. The summed E-state index contributed by atoms with van der Waals surface area (Å²) >= 11 is 6.97. The Morgan fingerprint density at radius 3 is 2.79 bits per heavy atom. The van der Waals surface area contributed by atoms with Crippen LogP contribution in [-0.2, 0) is 11.3 Å². The van der Waals surface area contributed by atoms with Gasteiger partial charge in [-0.2, -0.15) is 0 Å². The molecule has 19 heavy (non-hydrogen) atoms. The van der Waals surface area contributed by atoms with E-state index in [9.17, 15) is 4.79 Å². The molecule has 0 saturated carbocycles. The number of benzene rings is 1. The molecule has 0 radical (unpaired) electrons. The monoisotopic (exact) mass is 389 g/mol. The fraction of sp³-hybridized carbons (Fsp3) is 0.500. The van der Waals surface area contributed by atoms with Gasteiger partial charge in [-0.1, -0.05) is 12.5 Å². The predicted octanol–water partition coefficient (Wildman–Crippen LogP) is 4.04.